The van der Waals surface area contributed by atoms with Crippen LogP contribution in [0.4, 0.5) is 0 Å². The number of carbonyl (C=O) groups excluding carboxylic acids is 4. The Morgan fingerprint density at radius 2 is 0.457 bits per heavy atom. The average Bonchev–Trinajstić information content (AvgIpc) is 3.29. The van der Waals surface area contributed by atoms with Gasteiger partial charge in [0.15, 0.2) is 0 Å². The van der Waals surface area contributed by atoms with Gasteiger partial charge in [-0.25, -0.2) is 19.2 Å². The summed E-state index contributed by atoms with van der Waals surface area (Å²) < 4.78 is 25.7. The van der Waals surface area contributed by atoms with Crippen molar-refractivity contribution in [2.24, 2.45) is 47.3 Å². The molecule has 0 saturated carbocycles. The average molecular weight is 973 g/mol. The molecule has 8 unspecified atom stereocenters. The Bertz CT molecular complexity index is 1760. The molecule has 12 nitrogen and oxygen atoms in total. The zero-order valence-corrected chi connectivity index (χ0v) is 45.8. The van der Waals surface area contributed by atoms with Crippen molar-refractivity contribution in [3.05, 3.63) is 46.5 Å². The van der Waals surface area contributed by atoms with Gasteiger partial charge in [0.05, 0.1) is 22.3 Å². The van der Waals surface area contributed by atoms with Crippen LogP contribution in [0.15, 0.2) is 24.3 Å². The lowest BCUT2D eigenvalue weighted by Gasteiger charge is -2.40. The summed E-state index contributed by atoms with van der Waals surface area (Å²) >= 11 is 0. The van der Waals surface area contributed by atoms with Crippen molar-refractivity contribution < 1.29 is 38.1 Å². The quantitative estimate of drug-likeness (QED) is 0.0935. The SMILES string of the molecule is CC(C)C1CC(OC(=O)c2cc3cc(C(=O)OC4CC(C(C)C)NC(C(C)C)C4)c(C(=O)OC4CC(C(C)C)NC(C(C)C)C4)cc3cc2C(=O)OC2CC(C(C)C)NC(C(C)C)C2)CC(C(C)C)N1. The van der Waals surface area contributed by atoms with E-state index in [1.165, 1.54) is 0 Å². The van der Waals surface area contributed by atoms with Crippen LogP contribution in [-0.2, 0) is 18.9 Å². The van der Waals surface area contributed by atoms with E-state index < -0.39 is 23.9 Å². The largest absolute Gasteiger partial charge is 0.459 e. The minimum absolute atomic E-state index is 0.0645. The van der Waals surface area contributed by atoms with Crippen molar-refractivity contribution in [1.82, 2.24) is 21.3 Å². The number of hydrogen-bond donors (Lipinski definition) is 4. The van der Waals surface area contributed by atoms with Crippen LogP contribution in [0.25, 0.3) is 10.8 Å². The first-order valence-corrected chi connectivity index (χ1v) is 27.4. The van der Waals surface area contributed by atoms with Crippen LogP contribution in [0.3, 0.4) is 0 Å². The number of piperidine rings is 4. The molecular weight excluding hydrogens is 881 g/mol. The predicted octanol–water partition coefficient (Wildman–Crippen LogP) is 10.7. The van der Waals surface area contributed by atoms with Crippen LogP contribution in [0, 0.1) is 47.3 Å². The van der Waals surface area contributed by atoms with Crippen molar-refractivity contribution >= 4 is 34.6 Å². The number of esters is 4. The highest BCUT2D eigenvalue weighted by Crippen LogP contribution is 2.34. The van der Waals surface area contributed by atoms with Crippen LogP contribution in [0.5, 0.6) is 0 Å². The van der Waals surface area contributed by atoms with Crippen molar-refractivity contribution in [1.29, 1.82) is 0 Å². The third-order valence-electron chi connectivity index (χ3n) is 16.4. The molecule has 4 aliphatic rings. The molecule has 12 heteroatoms. The molecule has 392 valence electrons. The van der Waals surface area contributed by atoms with Gasteiger partial charge in [-0.1, -0.05) is 111 Å². The molecule has 2 aromatic carbocycles. The Labute approximate surface area is 421 Å². The molecule has 0 spiro atoms. The minimum Gasteiger partial charge on any atom is -0.459 e. The Balaban J connectivity index is 1.44. The molecule has 0 radical (unpaired) electrons. The van der Waals surface area contributed by atoms with E-state index in [9.17, 15) is 19.2 Å². The smallest absolute Gasteiger partial charge is 0.339 e. The lowest BCUT2D eigenvalue weighted by atomic mass is 9.85. The van der Waals surface area contributed by atoms with Gasteiger partial charge in [-0.3, -0.25) is 0 Å². The summed E-state index contributed by atoms with van der Waals surface area (Å²) in [4.78, 5) is 59.1. The molecule has 0 bridgehead atoms. The van der Waals surface area contributed by atoms with E-state index in [4.69, 9.17) is 18.9 Å². The molecule has 4 N–H and O–H groups in total. The molecule has 4 saturated heterocycles. The monoisotopic (exact) mass is 973 g/mol. The summed E-state index contributed by atoms with van der Waals surface area (Å²) in [6.45, 7) is 34.8. The van der Waals surface area contributed by atoms with Gasteiger partial charge < -0.3 is 40.2 Å². The van der Waals surface area contributed by atoms with Crippen LogP contribution in [0.2, 0.25) is 0 Å². The summed E-state index contributed by atoms with van der Waals surface area (Å²) in [5.74, 6) is 0.0883. The third kappa shape index (κ3) is 13.9. The van der Waals surface area contributed by atoms with E-state index in [0.29, 0.717) is 109 Å². The Morgan fingerprint density at radius 1 is 0.314 bits per heavy atom. The Hall–Kier alpha value is -3.58. The zero-order valence-electron chi connectivity index (χ0n) is 45.8. The number of ether oxygens (including phenoxy) is 4. The highest BCUT2D eigenvalue weighted by atomic mass is 16.6. The molecule has 0 aromatic heterocycles. The molecule has 0 aliphatic carbocycles. The van der Waals surface area contributed by atoms with Crippen molar-refractivity contribution in [2.75, 3.05) is 0 Å². The second-order valence-electron chi connectivity index (χ2n) is 24.6. The Morgan fingerprint density at radius 3 is 0.586 bits per heavy atom. The molecule has 4 aliphatic heterocycles. The van der Waals surface area contributed by atoms with Gasteiger partial charge in [0, 0.05) is 99.7 Å². The second-order valence-corrected chi connectivity index (χ2v) is 24.6. The number of benzene rings is 2. The molecular formula is C58H92N4O8. The zero-order chi connectivity index (χ0) is 51.5. The second kappa shape index (κ2) is 24.0. The molecule has 8 atom stereocenters. The van der Waals surface area contributed by atoms with E-state index in [2.05, 4.69) is 132 Å². The first-order chi connectivity index (χ1) is 32.9. The van der Waals surface area contributed by atoms with E-state index in [1.54, 1.807) is 24.3 Å². The first kappa shape index (κ1) is 55.7. The van der Waals surface area contributed by atoms with Gasteiger partial charge in [-0.05, 0) is 82.4 Å². The van der Waals surface area contributed by atoms with Crippen LogP contribution in [-0.4, -0.2) is 96.6 Å². The van der Waals surface area contributed by atoms with Crippen molar-refractivity contribution in [3.63, 3.8) is 0 Å². The van der Waals surface area contributed by atoms with Gasteiger partial charge in [0.25, 0.3) is 0 Å². The lowest BCUT2D eigenvalue weighted by Crippen LogP contribution is -2.52. The molecule has 6 rings (SSSR count). The van der Waals surface area contributed by atoms with Gasteiger partial charge in [-0.2, -0.15) is 0 Å². The van der Waals surface area contributed by atoms with Gasteiger partial charge in [-0.15, -0.1) is 0 Å². The number of rotatable bonds is 16. The summed E-state index contributed by atoms with van der Waals surface area (Å²) in [5, 5.41) is 16.1. The van der Waals surface area contributed by atoms with E-state index in [1.807, 2.05) is 0 Å². The lowest BCUT2D eigenvalue weighted by molar-refractivity contribution is 0.00177. The fourth-order valence-corrected chi connectivity index (χ4v) is 11.3. The maximum atomic E-state index is 14.8. The van der Waals surface area contributed by atoms with E-state index in [0.717, 1.165) is 0 Å². The summed E-state index contributed by atoms with van der Waals surface area (Å²) in [7, 11) is 0. The maximum absolute atomic E-state index is 14.8. The summed E-state index contributed by atoms with van der Waals surface area (Å²) in [5.41, 5.74) is 0.258. The summed E-state index contributed by atoms with van der Waals surface area (Å²) in [6.07, 6.45) is 3.61. The normalized spacial score (nSPS) is 30.0. The minimum atomic E-state index is -0.622. The molecule has 4 heterocycles. The van der Waals surface area contributed by atoms with Crippen molar-refractivity contribution in [3.8, 4) is 0 Å². The van der Waals surface area contributed by atoms with E-state index in [-0.39, 0.29) is 95.0 Å². The van der Waals surface area contributed by atoms with E-state index >= 15 is 0 Å². The van der Waals surface area contributed by atoms with Crippen LogP contribution in [0.1, 0.15) is 204 Å². The van der Waals surface area contributed by atoms with Crippen LogP contribution >= 0.6 is 0 Å². The first-order valence-electron chi connectivity index (χ1n) is 27.4. The fourth-order valence-electron chi connectivity index (χ4n) is 11.3. The molecule has 2 aromatic rings. The highest BCUT2D eigenvalue weighted by Gasteiger charge is 2.39. The van der Waals surface area contributed by atoms with Crippen LogP contribution < -0.4 is 21.3 Å². The number of nitrogens with one attached hydrogen (secondary N) is 4. The Kier molecular flexibility index (Phi) is 19.1. The number of fused-ring (bicyclic) bond motifs is 1. The van der Waals surface area contributed by atoms with Crippen molar-refractivity contribution in [2.45, 2.75) is 235 Å². The highest BCUT2D eigenvalue weighted by molar-refractivity contribution is 6.11. The van der Waals surface area contributed by atoms with Gasteiger partial charge in [0.1, 0.15) is 24.4 Å². The standard InChI is InChI=1S/C58H92N4O8/c1-29(2)47-21-39(22-48(59-47)30(3)4)67-55(63)43-17-37-19-45(57(65)69-41-25-51(33(9)10)61-52(26-41)34(11)12)46(58(66)70-42-27-53(35(13)14)62-54(28-42)36(15)16)20-38(37)18-44(43)56(64)68-40-23-49(31(5)6)60-50(24-40)32(7)8/h17-20,29-36,39-42,47-54,59-62H,21-28H2,1-16H3. The maximum Gasteiger partial charge on any atom is 0.339 e. The van der Waals surface area contributed by atoms with Gasteiger partial charge in [0.2, 0.25) is 0 Å². The van der Waals surface area contributed by atoms with Gasteiger partial charge >= 0.3 is 23.9 Å². The molecule has 70 heavy (non-hydrogen) atoms. The third-order valence-corrected chi connectivity index (χ3v) is 16.4. The number of hydrogen-bond acceptors (Lipinski definition) is 12. The fraction of sp³-hybridized carbons (Fsp3) is 0.759. The molecule has 0 amide bonds. The molecule has 4 fully saturated rings. The predicted molar refractivity (Wildman–Crippen MR) is 279 cm³/mol. The number of carbonyl (C=O) groups is 4. The topological polar surface area (TPSA) is 153 Å². The summed E-state index contributed by atoms with van der Waals surface area (Å²) in [6, 6.07) is 7.76.